The third-order valence-electron chi connectivity index (χ3n) is 4.71. The third kappa shape index (κ3) is 1.54. The molecule has 1 atom stereocenters. The summed E-state index contributed by atoms with van der Waals surface area (Å²) in [6.45, 7) is 2.26. The van der Waals surface area contributed by atoms with Crippen LogP contribution in [-0.2, 0) is 0 Å². The van der Waals surface area contributed by atoms with Crippen LogP contribution >= 0.6 is 0 Å². The largest absolute Gasteiger partial charge is 0.0764 e. The Kier molecular flexibility index (Phi) is 2.63. The summed E-state index contributed by atoms with van der Waals surface area (Å²) < 4.78 is 0. The van der Waals surface area contributed by atoms with Gasteiger partial charge in [-0.2, -0.15) is 0 Å². The Morgan fingerprint density at radius 3 is 2.05 bits per heavy atom. The van der Waals surface area contributed by atoms with Gasteiger partial charge in [0.15, 0.2) is 0 Å². The molecule has 0 aromatic heterocycles. The van der Waals surface area contributed by atoms with Crippen molar-refractivity contribution in [1.82, 2.24) is 0 Å². The minimum absolute atomic E-state index is 0.493. The van der Waals surface area contributed by atoms with Crippen molar-refractivity contribution < 1.29 is 0 Å². The minimum Gasteiger partial charge on any atom is -0.0764 e. The second-order valence-electron chi connectivity index (χ2n) is 5.66. The molecule has 0 radical (unpaired) electrons. The molecule has 4 rings (SSSR count). The van der Waals surface area contributed by atoms with E-state index in [-0.39, 0.29) is 0 Å². The molecule has 2 aromatic carbocycles. The molecule has 20 heavy (non-hydrogen) atoms. The van der Waals surface area contributed by atoms with E-state index < -0.39 is 0 Å². The molecule has 2 aliphatic carbocycles. The highest BCUT2D eigenvalue weighted by molar-refractivity contribution is 5.79. The van der Waals surface area contributed by atoms with Crippen molar-refractivity contribution in [1.29, 1.82) is 0 Å². The quantitative estimate of drug-likeness (QED) is 0.683. The summed E-state index contributed by atoms with van der Waals surface area (Å²) in [7, 11) is 0. The number of hydrogen-bond acceptors (Lipinski definition) is 0. The summed E-state index contributed by atoms with van der Waals surface area (Å²) in [6, 6.07) is 17.8. The van der Waals surface area contributed by atoms with Crippen LogP contribution in [0.2, 0.25) is 0 Å². The fraction of sp³-hybridized carbons (Fsp3) is 0.200. The lowest BCUT2D eigenvalue weighted by Gasteiger charge is -2.22. The van der Waals surface area contributed by atoms with Crippen molar-refractivity contribution in [2.75, 3.05) is 0 Å². The zero-order valence-electron chi connectivity index (χ0n) is 11.7. The second-order valence-corrected chi connectivity index (χ2v) is 5.66. The maximum Gasteiger partial charge on any atom is 0.0202 e. The zero-order chi connectivity index (χ0) is 13.5. The molecule has 0 aliphatic heterocycles. The molecule has 2 aliphatic rings. The Morgan fingerprint density at radius 1 is 0.850 bits per heavy atom. The molecule has 0 nitrogen and oxygen atoms in total. The Balaban J connectivity index is 1.92. The molecule has 0 heteroatoms. The van der Waals surface area contributed by atoms with E-state index in [9.17, 15) is 0 Å². The van der Waals surface area contributed by atoms with Gasteiger partial charge in [-0.1, -0.05) is 79.3 Å². The maximum absolute atomic E-state index is 2.38. The van der Waals surface area contributed by atoms with E-state index in [4.69, 9.17) is 0 Å². The fourth-order valence-corrected chi connectivity index (χ4v) is 3.79. The van der Waals surface area contributed by atoms with E-state index in [0.717, 1.165) is 6.42 Å². The predicted molar refractivity (Wildman–Crippen MR) is 84.7 cm³/mol. The predicted octanol–water partition coefficient (Wildman–Crippen LogP) is 5.32. The van der Waals surface area contributed by atoms with Crippen LogP contribution in [0.1, 0.15) is 30.4 Å². The Hall–Kier alpha value is -2.08. The van der Waals surface area contributed by atoms with Gasteiger partial charge in [0.05, 0.1) is 0 Å². The summed E-state index contributed by atoms with van der Waals surface area (Å²) in [6.07, 6.45) is 8.04. The zero-order valence-corrected chi connectivity index (χ0v) is 11.7. The first-order valence-electron chi connectivity index (χ1n) is 7.45. The minimum atomic E-state index is 0.493. The molecular formula is C20H18. The second kappa shape index (κ2) is 4.49. The van der Waals surface area contributed by atoms with Gasteiger partial charge >= 0.3 is 0 Å². The normalized spacial score (nSPS) is 19.9. The van der Waals surface area contributed by atoms with E-state index in [1.54, 1.807) is 5.57 Å². The first-order chi connectivity index (χ1) is 9.90. The van der Waals surface area contributed by atoms with Crippen LogP contribution < -0.4 is 0 Å². The highest BCUT2D eigenvalue weighted by Crippen LogP contribution is 2.51. The van der Waals surface area contributed by atoms with Gasteiger partial charge in [-0.05, 0) is 28.7 Å². The van der Waals surface area contributed by atoms with E-state index in [0.29, 0.717) is 11.8 Å². The molecule has 98 valence electrons. The van der Waals surface area contributed by atoms with Crippen molar-refractivity contribution >= 4 is 0 Å². The summed E-state index contributed by atoms with van der Waals surface area (Å²) in [5.74, 6) is 1.03. The molecule has 2 aromatic rings. The van der Waals surface area contributed by atoms with Crippen molar-refractivity contribution in [3.8, 4) is 11.1 Å². The first-order valence-corrected chi connectivity index (χ1v) is 7.45. The van der Waals surface area contributed by atoms with E-state index >= 15 is 0 Å². The maximum atomic E-state index is 2.38. The SMILES string of the molecule is CCC1=CC=CC1C1c2ccccc2-c2ccccc21. The van der Waals surface area contributed by atoms with Crippen molar-refractivity contribution in [3.05, 3.63) is 83.5 Å². The summed E-state index contributed by atoms with van der Waals surface area (Å²) >= 11 is 0. The van der Waals surface area contributed by atoms with Gasteiger partial charge in [0.1, 0.15) is 0 Å². The van der Waals surface area contributed by atoms with Crippen LogP contribution in [-0.4, -0.2) is 0 Å². The molecule has 0 N–H and O–H groups in total. The monoisotopic (exact) mass is 258 g/mol. The van der Waals surface area contributed by atoms with E-state index in [1.165, 1.54) is 22.3 Å². The van der Waals surface area contributed by atoms with Crippen molar-refractivity contribution in [2.24, 2.45) is 5.92 Å². The molecule has 0 saturated carbocycles. The molecule has 0 spiro atoms. The lowest BCUT2D eigenvalue weighted by molar-refractivity contribution is 0.652. The van der Waals surface area contributed by atoms with Gasteiger partial charge < -0.3 is 0 Å². The van der Waals surface area contributed by atoms with Crippen molar-refractivity contribution in [3.63, 3.8) is 0 Å². The average Bonchev–Trinajstić information content (AvgIpc) is 3.08. The van der Waals surface area contributed by atoms with Crippen LogP contribution in [0.5, 0.6) is 0 Å². The molecule has 0 amide bonds. The molecule has 0 fully saturated rings. The molecular weight excluding hydrogens is 240 g/mol. The molecule has 1 unspecified atom stereocenters. The lowest BCUT2D eigenvalue weighted by Crippen LogP contribution is -2.10. The number of fused-ring (bicyclic) bond motifs is 3. The lowest BCUT2D eigenvalue weighted by atomic mass is 9.80. The van der Waals surface area contributed by atoms with Crippen LogP contribution in [0.15, 0.2) is 72.3 Å². The summed E-state index contributed by atoms with van der Waals surface area (Å²) in [4.78, 5) is 0. The van der Waals surface area contributed by atoms with Gasteiger partial charge in [0, 0.05) is 11.8 Å². The van der Waals surface area contributed by atoms with E-state index in [2.05, 4.69) is 73.7 Å². The third-order valence-corrected chi connectivity index (χ3v) is 4.71. The summed E-state index contributed by atoms with van der Waals surface area (Å²) in [5.41, 5.74) is 7.38. The van der Waals surface area contributed by atoms with Gasteiger partial charge in [0.25, 0.3) is 0 Å². The summed E-state index contributed by atoms with van der Waals surface area (Å²) in [5, 5.41) is 0. The van der Waals surface area contributed by atoms with Gasteiger partial charge in [-0.15, -0.1) is 0 Å². The molecule has 0 heterocycles. The van der Waals surface area contributed by atoms with Crippen LogP contribution in [0.4, 0.5) is 0 Å². The Bertz CT molecular complexity index is 673. The van der Waals surface area contributed by atoms with Crippen molar-refractivity contribution in [2.45, 2.75) is 19.3 Å². The standard InChI is InChI=1S/C20H18/c1-2-14-8-7-13-15(14)20-18-11-5-3-9-16(18)17-10-4-6-12-19(17)20/h3-13,15,20H,2H2,1H3. The Labute approximate surface area is 120 Å². The number of rotatable bonds is 2. The van der Waals surface area contributed by atoms with Crippen LogP contribution in [0.3, 0.4) is 0 Å². The highest BCUT2D eigenvalue weighted by Gasteiger charge is 2.34. The molecule has 0 saturated heterocycles. The molecule has 0 bridgehead atoms. The van der Waals surface area contributed by atoms with Crippen LogP contribution in [0, 0.1) is 5.92 Å². The highest BCUT2D eigenvalue weighted by atomic mass is 14.4. The Morgan fingerprint density at radius 2 is 1.45 bits per heavy atom. The number of hydrogen-bond donors (Lipinski definition) is 0. The topological polar surface area (TPSA) is 0 Å². The van der Waals surface area contributed by atoms with Gasteiger partial charge in [-0.3, -0.25) is 0 Å². The smallest absolute Gasteiger partial charge is 0.0202 e. The van der Waals surface area contributed by atoms with Gasteiger partial charge in [-0.25, -0.2) is 0 Å². The fourth-order valence-electron chi connectivity index (χ4n) is 3.79. The van der Waals surface area contributed by atoms with Gasteiger partial charge in [0.2, 0.25) is 0 Å². The first kappa shape index (κ1) is 11.7. The number of allylic oxidation sites excluding steroid dienone is 4. The van der Waals surface area contributed by atoms with Crippen LogP contribution in [0.25, 0.3) is 11.1 Å². The van der Waals surface area contributed by atoms with E-state index in [1.807, 2.05) is 0 Å². The number of benzene rings is 2. The average molecular weight is 258 g/mol.